The fourth-order valence-electron chi connectivity index (χ4n) is 1.49. The van der Waals surface area contributed by atoms with Gasteiger partial charge < -0.3 is 15.7 Å². The molecular weight excluding hydrogens is 262 g/mol. The van der Waals surface area contributed by atoms with Gasteiger partial charge in [0.25, 0.3) is 0 Å². The summed E-state index contributed by atoms with van der Waals surface area (Å²) >= 11 is 5.35. The van der Waals surface area contributed by atoms with Crippen LogP contribution in [0.4, 0.5) is 11.6 Å². The lowest BCUT2D eigenvalue weighted by Gasteiger charge is -2.11. The highest BCUT2D eigenvalue weighted by molar-refractivity contribution is 6.29. The molecule has 8 nitrogen and oxygen atoms in total. The summed E-state index contributed by atoms with van der Waals surface area (Å²) in [4.78, 5) is 11.4. The number of carbonyl (C=O) groups excluding carboxylic acids is 1. The van der Waals surface area contributed by atoms with E-state index in [9.17, 15) is 15.2 Å². The number of carbonyl (C=O) groups is 1. The molecule has 0 aliphatic heterocycles. The second-order valence-electron chi connectivity index (χ2n) is 3.38. The van der Waals surface area contributed by atoms with Crippen molar-refractivity contribution in [1.82, 2.24) is 5.10 Å². The van der Waals surface area contributed by atoms with E-state index in [0.717, 1.165) is 0 Å². The molecule has 1 aromatic heterocycles. The van der Waals surface area contributed by atoms with Crippen LogP contribution in [0.15, 0.2) is 18.2 Å². The van der Waals surface area contributed by atoms with Gasteiger partial charge in [0, 0.05) is 10.9 Å². The number of nitrogen functional groups attached to an aromatic ring is 1. The van der Waals surface area contributed by atoms with Crippen LogP contribution < -0.4 is 20.6 Å². The Kier molecular flexibility index (Phi) is 3.02. The molecule has 18 heavy (non-hydrogen) atoms. The minimum atomic E-state index is -0.509. The van der Waals surface area contributed by atoms with Gasteiger partial charge in [0.2, 0.25) is 16.5 Å². The van der Waals surface area contributed by atoms with E-state index < -0.39 is 11.9 Å². The van der Waals surface area contributed by atoms with Gasteiger partial charge in [0.05, 0.1) is 5.69 Å². The number of nitrogens with two attached hydrogens (primary N) is 1. The molecule has 0 fully saturated rings. The van der Waals surface area contributed by atoms with Crippen molar-refractivity contribution >= 4 is 40.2 Å². The highest BCUT2D eigenvalue weighted by Crippen LogP contribution is 2.17. The van der Waals surface area contributed by atoms with Gasteiger partial charge in [-0.25, -0.2) is 4.73 Å². The summed E-state index contributed by atoms with van der Waals surface area (Å²) in [5, 5.41) is 29.0. The number of alkyl halides is 1. The van der Waals surface area contributed by atoms with Crippen molar-refractivity contribution in [2.75, 3.05) is 16.9 Å². The fourth-order valence-corrected chi connectivity index (χ4v) is 1.55. The van der Waals surface area contributed by atoms with Gasteiger partial charge >= 0.3 is 11.5 Å². The Labute approximate surface area is 106 Å². The molecule has 0 aliphatic rings. The van der Waals surface area contributed by atoms with E-state index in [0.29, 0.717) is 0 Å². The predicted octanol–water partition coefficient (Wildman–Crippen LogP) is -0.739. The minimum Gasteiger partial charge on any atom is -0.739 e. The Morgan fingerprint density at radius 1 is 1.50 bits per heavy atom. The molecule has 0 atom stereocenters. The zero-order valence-corrected chi connectivity index (χ0v) is 9.72. The highest BCUT2D eigenvalue weighted by Gasteiger charge is 2.20. The number of nitrogens with one attached hydrogen (secondary N) is 1. The summed E-state index contributed by atoms with van der Waals surface area (Å²) in [6.07, 6.45) is 0. The number of para-hydroxylation sites is 1. The molecule has 0 aliphatic carbocycles. The smallest absolute Gasteiger partial charge is 0.458 e. The zero-order chi connectivity index (χ0) is 13.3. The number of hydrogen-bond acceptors (Lipinski definition) is 5. The average molecular weight is 270 g/mol. The van der Waals surface area contributed by atoms with E-state index in [-0.39, 0.29) is 32.2 Å². The summed E-state index contributed by atoms with van der Waals surface area (Å²) in [5.41, 5.74) is 5.37. The largest absolute Gasteiger partial charge is 0.739 e. The second kappa shape index (κ2) is 4.49. The Balaban J connectivity index is 2.71. The van der Waals surface area contributed by atoms with E-state index in [4.69, 9.17) is 17.3 Å². The molecule has 0 unspecified atom stereocenters. The van der Waals surface area contributed by atoms with Crippen LogP contribution >= 0.6 is 11.6 Å². The topological polar surface area (TPSA) is 122 Å². The first-order valence-corrected chi connectivity index (χ1v) is 5.35. The molecular formula is C9H8ClN5O3. The molecule has 0 radical (unpaired) electrons. The molecule has 94 valence electrons. The van der Waals surface area contributed by atoms with E-state index in [1.54, 1.807) is 0 Å². The van der Waals surface area contributed by atoms with Crippen molar-refractivity contribution in [3.63, 3.8) is 0 Å². The van der Waals surface area contributed by atoms with Crippen LogP contribution in [-0.2, 0) is 4.79 Å². The van der Waals surface area contributed by atoms with Crippen molar-refractivity contribution in [3.05, 3.63) is 28.6 Å². The van der Waals surface area contributed by atoms with Gasteiger partial charge in [-0.15, -0.1) is 11.6 Å². The van der Waals surface area contributed by atoms with Gasteiger partial charge in [-0.2, -0.15) is 0 Å². The third-order valence-electron chi connectivity index (χ3n) is 2.22. The van der Waals surface area contributed by atoms with E-state index >= 15 is 0 Å². The minimum absolute atomic E-state index is 0.00780. The summed E-state index contributed by atoms with van der Waals surface area (Å²) in [7, 11) is 0. The standard InChI is InChI=1S/C9H8ClN5O3/c10-4-7(16)12-5-2-1-3-6-8(5)14(17)9(11)13-15(6)18/h1-3H,4H2,(H2,11,13)(H,12,16). The maximum absolute atomic E-state index is 11.8. The normalized spacial score (nSPS) is 10.5. The van der Waals surface area contributed by atoms with Gasteiger partial charge in [-0.3, -0.25) is 10.5 Å². The number of aromatic nitrogens is 3. The van der Waals surface area contributed by atoms with E-state index in [1.165, 1.54) is 18.2 Å². The molecule has 1 heterocycles. The first-order chi connectivity index (χ1) is 8.54. The first-order valence-electron chi connectivity index (χ1n) is 4.82. The molecule has 0 bridgehead atoms. The monoisotopic (exact) mass is 269 g/mol. The number of rotatable bonds is 2. The van der Waals surface area contributed by atoms with Crippen LogP contribution in [0.5, 0.6) is 0 Å². The number of halogens is 1. The maximum atomic E-state index is 11.8. The second-order valence-corrected chi connectivity index (χ2v) is 3.65. The molecule has 9 heteroatoms. The molecule has 2 aromatic rings. The fraction of sp³-hybridized carbons (Fsp3) is 0.111. The lowest BCUT2D eigenvalue weighted by molar-refractivity contribution is -0.671. The molecule has 1 aromatic carbocycles. The van der Waals surface area contributed by atoms with Crippen LogP contribution in [-0.4, -0.2) is 16.9 Å². The molecule has 0 spiro atoms. The molecule has 3 N–H and O–H groups in total. The lowest BCUT2D eigenvalue weighted by atomic mass is 10.2. The van der Waals surface area contributed by atoms with Crippen molar-refractivity contribution < 1.29 is 14.4 Å². The zero-order valence-electron chi connectivity index (χ0n) is 8.96. The number of anilines is 2. The van der Waals surface area contributed by atoms with Gasteiger partial charge in [-0.05, 0) is 6.07 Å². The number of hydrogen-bond donors (Lipinski definition) is 2. The summed E-state index contributed by atoms with van der Waals surface area (Å²) in [6.45, 7) is 0. The summed E-state index contributed by atoms with van der Waals surface area (Å²) in [5.74, 6) is -1.28. The molecule has 1 amide bonds. The Bertz CT molecular complexity index is 633. The maximum Gasteiger partial charge on any atom is 0.458 e. The van der Waals surface area contributed by atoms with Crippen LogP contribution in [0, 0.1) is 10.4 Å². The van der Waals surface area contributed by atoms with Crippen molar-refractivity contribution in [3.8, 4) is 0 Å². The number of fused-ring (bicyclic) bond motifs is 1. The van der Waals surface area contributed by atoms with Gasteiger partial charge in [0.15, 0.2) is 0 Å². The van der Waals surface area contributed by atoms with Crippen LogP contribution in [0.1, 0.15) is 0 Å². The Hall–Kier alpha value is -2.35. The van der Waals surface area contributed by atoms with Crippen LogP contribution in [0.3, 0.4) is 0 Å². The van der Waals surface area contributed by atoms with Gasteiger partial charge in [-0.1, -0.05) is 6.07 Å². The van der Waals surface area contributed by atoms with Crippen LogP contribution in [0.2, 0.25) is 0 Å². The molecule has 2 rings (SSSR count). The summed E-state index contributed by atoms with van der Waals surface area (Å²) in [6, 6.07) is 4.35. The third kappa shape index (κ3) is 1.93. The predicted molar refractivity (Wildman–Crippen MR) is 63.4 cm³/mol. The molecule has 0 saturated heterocycles. The number of nitrogens with zero attached hydrogens (tertiary/aromatic N) is 3. The third-order valence-corrected chi connectivity index (χ3v) is 2.46. The first kappa shape index (κ1) is 12.1. The highest BCUT2D eigenvalue weighted by atomic mass is 35.5. The average Bonchev–Trinajstić information content (AvgIpc) is 2.36. The number of amides is 1. The quantitative estimate of drug-likeness (QED) is 0.422. The Morgan fingerprint density at radius 2 is 2.22 bits per heavy atom. The van der Waals surface area contributed by atoms with Crippen molar-refractivity contribution in [1.29, 1.82) is 0 Å². The van der Waals surface area contributed by atoms with Gasteiger partial charge in [0.1, 0.15) is 5.88 Å². The van der Waals surface area contributed by atoms with E-state index in [2.05, 4.69) is 10.4 Å². The lowest BCUT2D eigenvalue weighted by Crippen LogP contribution is -2.44. The molecule has 0 saturated carbocycles. The number of benzene rings is 1. The van der Waals surface area contributed by atoms with E-state index in [1.807, 2.05) is 0 Å². The SMILES string of the molecule is Nc1n[n+]([O-])c2cccc(NC(=O)CCl)c2[n+]1[O-]. The van der Waals surface area contributed by atoms with Crippen LogP contribution in [0.25, 0.3) is 11.0 Å². The summed E-state index contributed by atoms with van der Waals surface area (Å²) < 4.78 is 0.271. The van der Waals surface area contributed by atoms with Crippen molar-refractivity contribution in [2.45, 2.75) is 0 Å². The Morgan fingerprint density at radius 3 is 2.89 bits per heavy atom. The van der Waals surface area contributed by atoms with Crippen molar-refractivity contribution in [2.24, 2.45) is 0 Å².